The van der Waals surface area contributed by atoms with Crippen molar-refractivity contribution in [2.24, 2.45) is 0 Å². The van der Waals surface area contributed by atoms with Crippen molar-refractivity contribution in [3.8, 4) is 0 Å². The van der Waals surface area contributed by atoms with E-state index in [9.17, 15) is 4.79 Å². The molecule has 1 atom stereocenters. The molecule has 0 heterocycles. The largest absolute Gasteiger partial charge is 0.480 e. The third-order valence-corrected chi connectivity index (χ3v) is 3.49. The zero-order valence-corrected chi connectivity index (χ0v) is 11.8. The summed E-state index contributed by atoms with van der Waals surface area (Å²) >= 11 is 0. The highest BCUT2D eigenvalue weighted by atomic mass is 16.4. The molecule has 0 aliphatic rings. The number of benzene rings is 2. The van der Waals surface area contributed by atoms with Gasteiger partial charge in [-0.15, -0.1) is 0 Å². The van der Waals surface area contributed by atoms with Crippen LogP contribution in [-0.2, 0) is 11.2 Å². The Hall–Kier alpha value is -1.87. The summed E-state index contributed by atoms with van der Waals surface area (Å²) in [5.41, 5.74) is 1.23. The summed E-state index contributed by atoms with van der Waals surface area (Å²) in [6.45, 7) is 2.69. The van der Waals surface area contributed by atoms with Gasteiger partial charge in [0.15, 0.2) is 0 Å². The second-order valence-electron chi connectivity index (χ2n) is 5.07. The lowest BCUT2D eigenvalue weighted by Gasteiger charge is -2.13. The van der Waals surface area contributed by atoms with Crippen molar-refractivity contribution in [3.63, 3.8) is 0 Å². The van der Waals surface area contributed by atoms with Crippen LogP contribution in [-0.4, -0.2) is 23.7 Å². The second-order valence-corrected chi connectivity index (χ2v) is 5.07. The van der Waals surface area contributed by atoms with Crippen LogP contribution < -0.4 is 5.32 Å². The maximum Gasteiger partial charge on any atom is 0.320 e. The maximum absolute atomic E-state index is 11.0. The number of rotatable bonds is 7. The summed E-state index contributed by atoms with van der Waals surface area (Å²) in [5, 5.41) is 14.7. The SMILES string of the molecule is CCCC(NCCc1ccc2ccccc2c1)C(=O)O. The van der Waals surface area contributed by atoms with E-state index >= 15 is 0 Å². The Balaban J connectivity index is 1.93. The Bertz CT molecular complexity index is 580. The van der Waals surface area contributed by atoms with Gasteiger partial charge in [0.05, 0.1) is 0 Å². The number of fused-ring (bicyclic) bond motifs is 1. The van der Waals surface area contributed by atoms with Gasteiger partial charge in [0, 0.05) is 0 Å². The average Bonchev–Trinajstić information content (AvgIpc) is 2.46. The van der Waals surface area contributed by atoms with Crippen molar-refractivity contribution >= 4 is 16.7 Å². The fraction of sp³-hybridized carbons (Fsp3) is 0.353. The molecule has 0 saturated carbocycles. The Kier molecular flexibility index (Phi) is 5.13. The molecule has 20 heavy (non-hydrogen) atoms. The zero-order chi connectivity index (χ0) is 14.4. The molecule has 0 radical (unpaired) electrons. The molecule has 0 spiro atoms. The number of nitrogens with one attached hydrogen (secondary N) is 1. The van der Waals surface area contributed by atoms with Gasteiger partial charge < -0.3 is 10.4 Å². The first-order valence-corrected chi connectivity index (χ1v) is 7.14. The Labute approximate surface area is 119 Å². The number of carboxylic acids is 1. The lowest BCUT2D eigenvalue weighted by molar-refractivity contribution is -0.139. The first-order valence-electron chi connectivity index (χ1n) is 7.14. The fourth-order valence-electron chi connectivity index (χ4n) is 2.39. The molecule has 2 aromatic rings. The number of hydrogen-bond donors (Lipinski definition) is 2. The molecule has 1 unspecified atom stereocenters. The molecule has 0 aromatic heterocycles. The lowest BCUT2D eigenvalue weighted by atomic mass is 10.0. The van der Waals surface area contributed by atoms with Crippen molar-refractivity contribution in [3.05, 3.63) is 48.0 Å². The molecule has 2 rings (SSSR count). The number of aliphatic carboxylic acids is 1. The number of carbonyl (C=O) groups is 1. The van der Waals surface area contributed by atoms with Crippen LogP contribution in [0.25, 0.3) is 10.8 Å². The van der Waals surface area contributed by atoms with Crippen molar-refractivity contribution in [2.75, 3.05) is 6.54 Å². The first kappa shape index (κ1) is 14.5. The minimum absolute atomic E-state index is 0.430. The fourth-order valence-corrected chi connectivity index (χ4v) is 2.39. The lowest BCUT2D eigenvalue weighted by Crippen LogP contribution is -2.37. The monoisotopic (exact) mass is 271 g/mol. The molecule has 0 fully saturated rings. The summed E-state index contributed by atoms with van der Waals surface area (Å²) in [6.07, 6.45) is 2.39. The van der Waals surface area contributed by atoms with Crippen molar-refractivity contribution in [2.45, 2.75) is 32.2 Å². The maximum atomic E-state index is 11.0. The highest BCUT2D eigenvalue weighted by molar-refractivity contribution is 5.83. The molecule has 0 aliphatic carbocycles. The summed E-state index contributed by atoms with van der Waals surface area (Å²) in [5.74, 6) is -0.759. The standard InChI is InChI=1S/C17H21NO2/c1-2-5-16(17(19)20)18-11-10-13-8-9-14-6-3-4-7-15(14)12-13/h3-4,6-9,12,16,18H,2,5,10-11H2,1H3,(H,19,20). The molecule has 0 aliphatic heterocycles. The molecule has 0 amide bonds. The molecule has 2 N–H and O–H groups in total. The minimum Gasteiger partial charge on any atom is -0.480 e. The van der Waals surface area contributed by atoms with Crippen LogP contribution in [0.3, 0.4) is 0 Å². The van der Waals surface area contributed by atoms with Crippen LogP contribution in [0.2, 0.25) is 0 Å². The highest BCUT2D eigenvalue weighted by Crippen LogP contribution is 2.15. The summed E-state index contributed by atoms with van der Waals surface area (Å²) in [6, 6.07) is 14.2. The molecular formula is C17H21NO2. The Morgan fingerprint density at radius 2 is 1.95 bits per heavy atom. The molecule has 0 bridgehead atoms. The van der Waals surface area contributed by atoms with Crippen LogP contribution in [0.4, 0.5) is 0 Å². The van der Waals surface area contributed by atoms with Crippen LogP contribution in [0, 0.1) is 0 Å². The Morgan fingerprint density at radius 1 is 1.20 bits per heavy atom. The quantitative estimate of drug-likeness (QED) is 0.813. The number of hydrogen-bond acceptors (Lipinski definition) is 2. The van der Waals surface area contributed by atoms with Gasteiger partial charge in [-0.3, -0.25) is 4.79 Å². The molecular weight excluding hydrogens is 250 g/mol. The normalized spacial score (nSPS) is 12.4. The number of carboxylic acid groups (broad SMARTS) is 1. The average molecular weight is 271 g/mol. The molecule has 2 aromatic carbocycles. The predicted molar refractivity (Wildman–Crippen MR) is 82.0 cm³/mol. The van der Waals surface area contributed by atoms with E-state index in [1.54, 1.807) is 0 Å². The highest BCUT2D eigenvalue weighted by Gasteiger charge is 2.14. The van der Waals surface area contributed by atoms with E-state index in [0.717, 1.165) is 12.8 Å². The predicted octanol–water partition coefficient (Wildman–Crippen LogP) is 3.23. The first-order chi connectivity index (χ1) is 9.70. The molecule has 0 saturated heterocycles. The third-order valence-electron chi connectivity index (χ3n) is 3.49. The van der Waals surface area contributed by atoms with Gasteiger partial charge in [-0.1, -0.05) is 55.8 Å². The van der Waals surface area contributed by atoms with Crippen LogP contribution in [0.1, 0.15) is 25.3 Å². The van der Waals surface area contributed by atoms with Crippen LogP contribution in [0.15, 0.2) is 42.5 Å². The van der Waals surface area contributed by atoms with Gasteiger partial charge in [-0.25, -0.2) is 0 Å². The van der Waals surface area contributed by atoms with Gasteiger partial charge in [0.25, 0.3) is 0 Å². The molecule has 3 nitrogen and oxygen atoms in total. The topological polar surface area (TPSA) is 49.3 Å². The van der Waals surface area contributed by atoms with Crippen molar-refractivity contribution in [1.29, 1.82) is 0 Å². The van der Waals surface area contributed by atoms with E-state index in [0.29, 0.717) is 13.0 Å². The Morgan fingerprint density at radius 3 is 2.65 bits per heavy atom. The zero-order valence-electron chi connectivity index (χ0n) is 11.8. The van der Waals surface area contributed by atoms with E-state index < -0.39 is 12.0 Å². The van der Waals surface area contributed by atoms with Crippen LogP contribution >= 0.6 is 0 Å². The van der Waals surface area contributed by atoms with Gasteiger partial charge in [0.2, 0.25) is 0 Å². The smallest absolute Gasteiger partial charge is 0.320 e. The van der Waals surface area contributed by atoms with E-state index in [2.05, 4.69) is 35.6 Å². The second kappa shape index (κ2) is 7.06. The van der Waals surface area contributed by atoms with Crippen molar-refractivity contribution in [1.82, 2.24) is 5.32 Å². The minimum atomic E-state index is -0.759. The summed E-state index contributed by atoms with van der Waals surface area (Å²) in [4.78, 5) is 11.0. The molecule has 106 valence electrons. The van der Waals surface area contributed by atoms with E-state index in [4.69, 9.17) is 5.11 Å². The van der Waals surface area contributed by atoms with E-state index in [1.165, 1.54) is 16.3 Å². The van der Waals surface area contributed by atoms with Crippen LogP contribution in [0.5, 0.6) is 0 Å². The van der Waals surface area contributed by atoms with Gasteiger partial charge in [-0.2, -0.15) is 0 Å². The summed E-state index contributed by atoms with van der Waals surface area (Å²) < 4.78 is 0. The van der Waals surface area contributed by atoms with E-state index in [1.807, 2.05) is 19.1 Å². The van der Waals surface area contributed by atoms with Gasteiger partial charge in [0.1, 0.15) is 6.04 Å². The molecule has 3 heteroatoms. The van der Waals surface area contributed by atoms with Gasteiger partial charge >= 0.3 is 5.97 Å². The van der Waals surface area contributed by atoms with Crippen molar-refractivity contribution < 1.29 is 9.90 Å². The van der Waals surface area contributed by atoms with Gasteiger partial charge in [-0.05, 0) is 35.7 Å². The van der Waals surface area contributed by atoms with E-state index in [-0.39, 0.29) is 0 Å². The third kappa shape index (κ3) is 3.81. The summed E-state index contributed by atoms with van der Waals surface area (Å²) in [7, 11) is 0.